The topological polar surface area (TPSA) is 112 Å². The lowest BCUT2D eigenvalue weighted by Gasteiger charge is -2.55. The number of nitrogens with zero attached hydrogens (tertiary/aromatic N) is 3. The van der Waals surface area contributed by atoms with Crippen molar-refractivity contribution >= 4 is 35.3 Å². The van der Waals surface area contributed by atoms with Crippen molar-refractivity contribution in [2.24, 2.45) is 0 Å². The van der Waals surface area contributed by atoms with Crippen molar-refractivity contribution in [1.82, 2.24) is 14.8 Å². The lowest BCUT2D eigenvalue weighted by atomic mass is 9.76. The third-order valence-electron chi connectivity index (χ3n) is 6.52. The molecule has 11 heteroatoms. The van der Waals surface area contributed by atoms with Gasteiger partial charge in [0.05, 0.1) is 27.2 Å². The smallest absolute Gasteiger partial charge is 0.407 e. The quantitative estimate of drug-likeness (QED) is 0.524. The van der Waals surface area contributed by atoms with Crippen LogP contribution < -0.4 is 9.47 Å². The van der Waals surface area contributed by atoms with Gasteiger partial charge in [-0.2, -0.15) is 0 Å². The van der Waals surface area contributed by atoms with Gasteiger partial charge in [-0.15, -0.1) is 0 Å². The van der Waals surface area contributed by atoms with E-state index in [0.717, 1.165) is 11.1 Å². The molecular formula is C24H25Cl2N3O6. The van der Waals surface area contributed by atoms with Crippen LogP contribution in [-0.4, -0.2) is 76.5 Å². The van der Waals surface area contributed by atoms with Crippen molar-refractivity contribution in [2.45, 2.75) is 24.9 Å². The monoisotopic (exact) mass is 521 g/mol. The number of carboxylic acid groups (broad SMARTS) is 2. The van der Waals surface area contributed by atoms with E-state index in [1.54, 1.807) is 30.5 Å². The largest absolute Gasteiger partial charge is 0.487 e. The molecule has 0 spiro atoms. The number of fused-ring (bicyclic) bond motifs is 2. The van der Waals surface area contributed by atoms with E-state index >= 15 is 0 Å². The Morgan fingerprint density at radius 2 is 1.86 bits per heavy atom. The second-order valence-electron chi connectivity index (χ2n) is 8.63. The van der Waals surface area contributed by atoms with Crippen LogP contribution in [0.2, 0.25) is 10.0 Å². The number of hydrogen-bond donors (Lipinski definition) is 2. The molecule has 186 valence electrons. The average molecular weight is 522 g/mol. The fourth-order valence-corrected chi connectivity index (χ4v) is 5.40. The van der Waals surface area contributed by atoms with E-state index in [1.165, 1.54) is 4.90 Å². The summed E-state index contributed by atoms with van der Waals surface area (Å²) >= 11 is 12.4. The SMILES string of the molecule is Cc1cc(Cl)c(OCCOc2ccc(C34CC=C(C(=O)O)C(CN(C(=O)O)C3)N4C)cn2)c(Cl)c1. The van der Waals surface area contributed by atoms with Crippen molar-refractivity contribution in [1.29, 1.82) is 0 Å². The molecule has 2 atom stereocenters. The first-order valence-corrected chi connectivity index (χ1v) is 11.7. The minimum absolute atomic E-state index is 0.0926. The van der Waals surface area contributed by atoms with Gasteiger partial charge in [-0.3, -0.25) is 4.90 Å². The van der Waals surface area contributed by atoms with Gasteiger partial charge in [0.25, 0.3) is 0 Å². The van der Waals surface area contributed by atoms with E-state index in [4.69, 9.17) is 32.7 Å². The van der Waals surface area contributed by atoms with E-state index in [-0.39, 0.29) is 31.9 Å². The number of carboxylic acids is 1. The average Bonchev–Trinajstić information content (AvgIpc) is 2.78. The third-order valence-corrected chi connectivity index (χ3v) is 7.08. The van der Waals surface area contributed by atoms with Crippen LogP contribution in [0.5, 0.6) is 11.6 Å². The summed E-state index contributed by atoms with van der Waals surface area (Å²) in [5.74, 6) is -0.272. The molecule has 0 saturated carbocycles. The molecule has 2 aromatic rings. The van der Waals surface area contributed by atoms with Crippen LogP contribution in [-0.2, 0) is 10.3 Å². The molecule has 2 unspecified atom stereocenters. The molecule has 3 heterocycles. The predicted molar refractivity (Wildman–Crippen MR) is 130 cm³/mol. The van der Waals surface area contributed by atoms with Gasteiger partial charge in [0.1, 0.15) is 13.2 Å². The van der Waals surface area contributed by atoms with E-state index in [0.29, 0.717) is 28.1 Å². The number of aryl methyl sites for hydroxylation is 1. The highest BCUT2D eigenvalue weighted by molar-refractivity contribution is 6.37. The molecule has 1 amide bonds. The van der Waals surface area contributed by atoms with Crippen LogP contribution in [0.1, 0.15) is 17.5 Å². The normalized spacial score (nSPS) is 21.9. The predicted octanol–water partition coefficient (Wildman–Crippen LogP) is 4.06. The third kappa shape index (κ3) is 4.89. The number of benzene rings is 1. The highest BCUT2D eigenvalue weighted by atomic mass is 35.5. The van der Waals surface area contributed by atoms with Gasteiger partial charge >= 0.3 is 12.1 Å². The number of likely N-dealkylation sites (N-methyl/N-ethyl adjacent to an activating group) is 1. The highest BCUT2D eigenvalue weighted by Gasteiger charge is 2.51. The zero-order chi connectivity index (χ0) is 25.3. The van der Waals surface area contributed by atoms with Crippen molar-refractivity contribution in [2.75, 3.05) is 33.4 Å². The fourth-order valence-electron chi connectivity index (χ4n) is 4.70. The van der Waals surface area contributed by atoms with Gasteiger partial charge < -0.3 is 24.6 Å². The molecule has 2 aliphatic heterocycles. The number of halogens is 2. The van der Waals surface area contributed by atoms with Gasteiger partial charge in [0.15, 0.2) is 5.75 Å². The van der Waals surface area contributed by atoms with Crippen LogP contribution in [0.4, 0.5) is 4.79 Å². The van der Waals surface area contributed by atoms with Crippen LogP contribution in [0.3, 0.4) is 0 Å². The number of piperazine rings is 1. The number of hydrogen-bond acceptors (Lipinski definition) is 6. The first-order valence-electron chi connectivity index (χ1n) is 10.9. The lowest BCUT2D eigenvalue weighted by Crippen LogP contribution is -2.66. The summed E-state index contributed by atoms with van der Waals surface area (Å²) in [6.07, 6.45) is 2.59. The summed E-state index contributed by atoms with van der Waals surface area (Å²) in [5.41, 5.74) is 1.18. The Labute approximate surface area is 212 Å². The van der Waals surface area contributed by atoms with Gasteiger partial charge in [0, 0.05) is 25.4 Å². The van der Waals surface area contributed by atoms with Crippen LogP contribution in [0, 0.1) is 6.92 Å². The number of aromatic nitrogens is 1. The molecule has 0 aliphatic carbocycles. The minimum Gasteiger partial charge on any atom is -0.487 e. The van der Waals surface area contributed by atoms with Gasteiger partial charge in [-0.25, -0.2) is 14.6 Å². The van der Waals surface area contributed by atoms with Crippen molar-refractivity contribution in [3.8, 4) is 11.6 Å². The van der Waals surface area contributed by atoms with E-state index in [9.17, 15) is 19.8 Å². The Morgan fingerprint density at radius 3 is 2.46 bits per heavy atom. The van der Waals surface area contributed by atoms with Crippen LogP contribution in [0.15, 0.2) is 42.1 Å². The Bertz CT molecular complexity index is 1150. The molecule has 4 rings (SSSR count). The molecule has 1 saturated heterocycles. The summed E-state index contributed by atoms with van der Waals surface area (Å²) < 4.78 is 11.3. The summed E-state index contributed by atoms with van der Waals surface area (Å²) in [5, 5.41) is 20.1. The van der Waals surface area contributed by atoms with Crippen molar-refractivity contribution in [3.63, 3.8) is 0 Å². The Morgan fingerprint density at radius 1 is 1.17 bits per heavy atom. The number of aliphatic carboxylic acids is 1. The zero-order valence-corrected chi connectivity index (χ0v) is 20.7. The second-order valence-corrected chi connectivity index (χ2v) is 9.44. The Balaban J connectivity index is 1.46. The van der Waals surface area contributed by atoms with Gasteiger partial charge in [-0.05, 0) is 43.7 Å². The summed E-state index contributed by atoms with van der Waals surface area (Å²) in [6.45, 7) is 2.59. The molecule has 2 aliphatic rings. The van der Waals surface area contributed by atoms with Crippen molar-refractivity contribution < 1.29 is 29.3 Å². The van der Waals surface area contributed by atoms with Crippen molar-refractivity contribution in [3.05, 3.63) is 63.3 Å². The molecule has 0 radical (unpaired) electrons. The number of rotatable bonds is 7. The Kier molecular flexibility index (Phi) is 7.12. The molecule has 9 nitrogen and oxygen atoms in total. The van der Waals surface area contributed by atoms with Crippen LogP contribution in [0.25, 0.3) is 0 Å². The molecule has 2 bridgehead atoms. The lowest BCUT2D eigenvalue weighted by molar-refractivity contribution is -0.135. The number of carbonyl (C=O) groups is 2. The second kappa shape index (κ2) is 9.93. The summed E-state index contributed by atoms with van der Waals surface area (Å²) in [4.78, 5) is 31.1. The number of amides is 1. The fraction of sp³-hybridized carbons (Fsp3) is 0.375. The molecule has 2 N–H and O–H groups in total. The van der Waals surface area contributed by atoms with E-state index in [2.05, 4.69) is 4.98 Å². The first-order chi connectivity index (χ1) is 16.6. The first kappa shape index (κ1) is 25.1. The molecule has 1 aromatic heterocycles. The molecule has 1 aromatic carbocycles. The van der Waals surface area contributed by atoms with Gasteiger partial charge in [0.2, 0.25) is 5.88 Å². The maximum absolute atomic E-state index is 11.8. The number of ether oxygens (including phenoxy) is 2. The van der Waals surface area contributed by atoms with Crippen LogP contribution >= 0.6 is 23.2 Å². The summed E-state index contributed by atoms with van der Waals surface area (Å²) in [7, 11) is 1.82. The standard InChI is InChI=1S/C24H25Cl2N3O6/c1-14-9-17(25)21(18(26)10-14)35-8-7-34-20-4-3-15(11-27-20)24-6-5-16(22(30)31)19(28(24)2)12-29(13-24)23(32)33/h3-5,9-11,19H,6-8,12-13H2,1-2H3,(H,30,31)(H,32,33). The molecular weight excluding hydrogens is 497 g/mol. The number of pyridine rings is 1. The maximum Gasteiger partial charge on any atom is 0.407 e. The molecule has 35 heavy (non-hydrogen) atoms. The van der Waals surface area contributed by atoms with Gasteiger partial charge in [-0.1, -0.05) is 35.3 Å². The molecule has 1 fully saturated rings. The summed E-state index contributed by atoms with van der Waals surface area (Å²) in [6, 6.07) is 6.51. The maximum atomic E-state index is 11.8. The zero-order valence-electron chi connectivity index (χ0n) is 19.2. The van der Waals surface area contributed by atoms with E-state index in [1.807, 2.05) is 24.9 Å². The Hall–Kier alpha value is -3.01. The minimum atomic E-state index is -1.08. The van der Waals surface area contributed by atoms with E-state index < -0.39 is 23.6 Å². The highest BCUT2D eigenvalue weighted by Crippen LogP contribution is 2.43.